The maximum Gasteiger partial charge on any atom is 0.193 e. The molecule has 20 heavy (non-hydrogen) atoms. The first-order valence-electron chi connectivity index (χ1n) is 7.06. The normalized spacial score (nSPS) is 11.7. The van der Waals surface area contributed by atoms with Crippen LogP contribution in [0.4, 0.5) is 5.69 Å². The van der Waals surface area contributed by atoms with Crippen molar-refractivity contribution >= 4 is 11.6 Å². The van der Waals surface area contributed by atoms with Crippen molar-refractivity contribution in [3.63, 3.8) is 0 Å². The summed E-state index contributed by atoms with van der Waals surface area (Å²) in [6.45, 7) is 4.90. The summed E-state index contributed by atoms with van der Waals surface area (Å²) in [5.74, 6) is 1.17. The number of ether oxygens (including phenoxy) is 1. The average Bonchev–Trinajstić information content (AvgIpc) is 2.45. The SMILES string of the molecule is CCCCN(C)CCN=C(N)Nc1ccccc1OC. The monoisotopic (exact) mass is 278 g/mol. The largest absolute Gasteiger partial charge is 0.495 e. The molecule has 0 bridgehead atoms. The molecule has 1 aromatic rings. The zero-order valence-electron chi connectivity index (χ0n) is 12.7. The molecule has 5 nitrogen and oxygen atoms in total. The molecule has 0 spiro atoms. The van der Waals surface area contributed by atoms with E-state index in [1.807, 2.05) is 24.3 Å². The van der Waals surface area contributed by atoms with Crippen LogP contribution in [0.5, 0.6) is 5.75 Å². The summed E-state index contributed by atoms with van der Waals surface area (Å²) in [5.41, 5.74) is 6.71. The lowest BCUT2D eigenvalue weighted by Gasteiger charge is -2.15. The zero-order chi connectivity index (χ0) is 14.8. The van der Waals surface area contributed by atoms with Crippen LogP contribution in [0.2, 0.25) is 0 Å². The Morgan fingerprint density at radius 3 is 2.80 bits per heavy atom. The highest BCUT2D eigenvalue weighted by molar-refractivity contribution is 5.93. The second-order valence-electron chi connectivity index (χ2n) is 4.75. The Labute approximate surface area is 121 Å². The lowest BCUT2D eigenvalue weighted by atomic mass is 10.3. The average molecular weight is 278 g/mol. The van der Waals surface area contributed by atoms with Crippen LogP contribution in [0.15, 0.2) is 29.3 Å². The first-order valence-corrected chi connectivity index (χ1v) is 7.06. The summed E-state index contributed by atoms with van der Waals surface area (Å²) >= 11 is 0. The Hall–Kier alpha value is -1.75. The molecule has 0 aromatic heterocycles. The van der Waals surface area contributed by atoms with Gasteiger partial charge in [-0.05, 0) is 32.1 Å². The minimum absolute atomic E-state index is 0.415. The third-order valence-corrected chi connectivity index (χ3v) is 3.03. The van der Waals surface area contributed by atoms with Crippen molar-refractivity contribution in [2.45, 2.75) is 19.8 Å². The molecule has 5 heteroatoms. The van der Waals surface area contributed by atoms with Crippen molar-refractivity contribution in [3.8, 4) is 5.75 Å². The minimum Gasteiger partial charge on any atom is -0.495 e. The standard InChI is InChI=1S/C15H26N4O/c1-4-5-11-19(2)12-10-17-15(16)18-13-8-6-7-9-14(13)20-3/h6-9H,4-5,10-12H2,1-3H3,(H3,16,17,18). The summed E-state index contributed by atoms with van der Waals surface area (Å²) in [6.07, 6.45) is 2.43. The smallest absolute Gasteiger partial charge is 0.193 e. The van der Waals surface area contributed by atoms with Gasteiger partial charge in [0, 0.05) is 6.54 Å². The maximum absolute atomic E-state index is 5.88. The molecule has 112 valence electrons. The quantitative estimate of drug-likeness (QED) is 0.565. The van der Waals surface area contributed by atoms with Crippen LogP contribution in [-0.4, -0.2) is 44.7 Å². The summed E-state index contributed by atoms with van der Waals surface area (Å²) in [7, 11) is 3.74. The van der Waals surface area contributed by atoms with Crippen molar-refractivity contribution in [2.24, 2.45) is 10.7 Å². The Balaban J connectivity index is 2.41. The number of anilines is 1. The lowest BCUT2D eigenvalue weighted by molar-refractivity contribution is 0.337. The number of likely N-dealkylation sites (N-methyl/N-ethyl adjacent to an activating group) is 1. The first kappa shape index (κ1) is 16.3. The second kappa shape index (κ2) is 9.20. The number of unbranched alkanes of at least 4 members (excludes halogenated alkanes) is 1. The molecule has 0 aliphatic heterocycles. The molecule has 0 unspecified atom stereocenters. The summed E-state index contributed by atoms with van der Waals surface area (Å²) in [4.78, 5) is 6.60. The fourth-order valence-electron chi connectivity index (χ4n) is 1.81. The molecular formula is C15H26N4O. The predicted molar refractivity (Wildman–Crippen MR) is 85.5 cm³/mol. The van der Waals surface area contributed by atoms with Crippen LogP contribution in [0, 0.1) is 0 Å². The van der Waals surface area contributed by atoms with Crippen molar-refractivity contribution in [3.05, 3.63) is 24.3 Å². The van der Waals surface area contributed by atoms with Crippen LogP contribution in [-0.2, 0) is 0 Å². The molecular weight excluding hydrogens is 252 g/mol. The Morgan fingerprint density at radius 1 is 1.35 bits per heavy atom. The van der Waals surface area contributed by atoms with Crippen molar-refractivity contribution in [1.29, 1.82) is 0 Å². The van der Waals surface area contributed by atoms with Gasteiger partial charge in [0.15, 0.2) is 5.96 Å². The van der Waals surface area contributed by atoms with E-state index in [9.17, 15) is 0 Å². The third kappa shape index (κ3) is 5.93. The van der Waals surface area contributed by atoms with E-state index in [0.29, 0.717) is 12.5 Å². The van der Waals surface area contributed by atoms with Gasteiger partial charge in [-0.25, -0.2) is 0 Å². The number of hydrogen-bond acceptors (Lipinski definition) is 3. The highest BCUT2D eigenvalue weighted by Crippen LogP contribution is 2.22. The molecule has 1 rings (SSSR count). The Bertz CT molecular complexity index is 420. The Kier molecular flexibility index (Phi) is 7.50. The lowest BCUT2D eigenvalue weighted by Crippen LogP contribution is -2.27. The number of nitrogens with one attached hydrogen (secondary N) is 1. The number of nitrogens with two attached hydrogens (primary N) is 1. The molecule has 3 N–H and O–H groups in total. The molecule has 0 heterocycles. The van der Waals surface area contributed by atoms with Crippen LogP contribution < -0.4 is 15.8 Å². The van der Waals surface area contributed by atoms with Gasteiger partial charge in [-0.2, -0.15) is 0 Å². The predicted octanol–water partition coefficient (Wildman–Crippen LogP) is 2.15. The fraction of sp³-hybridized carbons (Fsp3) is 0.533. The topological polar surface area (TPSA) is 62.9 Å². The van der Waals surface area contributed by atoms with Crippen molar-refractivity contribution in [2.75, 3.05) is 39.1 Å². The van der Waals surface area contributed by atoms with E-state index < -0.39 is 0 Å². The number of para-hydroxylation sites is 2. The van der Waals surface area contributed by atoms with Gasteiger partial charge in [0.25, 0.3) is 0 Å². The molecule has 1 aromatic carbocycles. The van der Waals surface area contributed by atoms with Gasteiger partial charge >= 0.3 is 0 Å². The summed E-state index contributed by atoms with van der Waals surface area (Å²) in [6, 6.07) is 7.64. The molecule has 0 saturated carbocycles. The molecule has 0 fully saturated rings. The molecule has 0 aliphatic carbocycles. The first-order chi connectivity index (χ1) is 9.67. The van der Waals surface area contributed by atoms with E-state index in [1.54, 1.807) is 7.11 Å². The zero-order valence-corrected chi connectivity index (χ0v) is 12.7. The van der Waals surface area contributed by atoms with Gasteiger partial charge in [-0.1, -0.05) is 25.5 Å². The van der Waals surface area contributed by atoms with Crippen LogP contribution in [0.25, 0.3) is 0 Å². The fourth-order valence-corrected chi connectivity index (χ4v) is 1.81. The Morgan fingerprint density at radius 2 is 2.10 bits per heavy atom. The molecule has 0 atom stereocenters. The van der Waals surface area contributed by atoms with Gasteiger partial charge in [0.05, 0.1) is 19.3 Å². The molecule has 0 amide bonds. The van der Waals surface area contributed by atoms with Crippen LogP contribution >= 0.6 is 0 Å². The van der Waals surface area contributed by atoms with E-state index in [2.05, 4.69) is 29.2 Å². The number of rotatable bonds is 8. The van der Waals surface area contributed by atoms with Crippen LogP contribution in [0.1, 0.15) is 19.8 Å². The number of hydrogen-bond donors (Lipinski definition) is 2. The maximum atomic E-state index is 5.88. The van der Waals surface area contributed by atoms with Gasteiger partial charge in [-0.3, -0.25) is 4.99 Å². The van der Waals surface area contributed by atoms with Crippen LogP contribution in [0.3, 0.4) is 0 Å². The van der Waals surface area contributed by atoms with Gasteiger partial charge in [0.1, 0.15) is 5.75 Å². The number of benzene rings is 1. The molecule has 0 saturated heterocycles. The second-order valence-corrected chi connectivity index (χ2v) is 4.75. The van der Waals surface area contributed by atoms with E-state index in [4.69, 9.17) is 10.5 Å². The highest BCUT2D eigenvalue weighted by Gasteiger charge is 2.02. The van der Waals surface area contributed by atoms with Gasteiger partial charge in [0.2, 0.25) is 0 Å². The van der Waals surface area contributed by atoms with E-state index >= 15 is 0 Å². The van der Waals surface area contributed by atoms with E-state index in [1.165, 1.54) is 12.8 Å². The van der Waals surface area contributed by atoms with Crippen molar-refractivity contribution < 1.29 is 4.74 Å². The van der Waals surface area contributed by atoms with E-state index in [0.717, 1.165) is 24.5 Å². The van der Waals surface area contributed by atoms with Gasteiger partial charge in [-0.15, -0.1) is 0 Å². The van der Waals surface area contributed by atoms with E-state index in [-0.39, 0.29) is 0 Å². The third-order valence-electron chi connectivity index (χ3n) is 3.03. The number of nitrogens with zero attached hydrogens (tertiary/aromatic N) is 2. The van der Waals surface area contributed by atoms with Crippen molar-refractivity contribution in [1.82, 2.24) is 4.90 Å². The molecule has 0 radical (unpaired) electrons. The highest BCUT2D eigenvalue weighted by atomic mass is 16.5. The molecule has 0 aliphatic rings. The number of guanidine groups is 1. The summed E-state index contributed by atoms with van der Waals surface area (Å²) in [5, 5.41) is 3.06. The van der Waals surface area contributed by atoms with Gasteiger partial charge < -0.3 is 20.7 Å². The minimum atomic E-state index is 0.415. The summed E-state index contributed by atoms with van der Waals surface area (Å²) < 4.78 is 5.25. The number of methoxy groups -OCH3 is 1. The number of aliphatic imine (C=N–C) groups is 1.